The zero-order chi connectivity index (χ0) is 13.7. The normalized spacial score (nSPS) is 10.4. The number of nitrogens with zero attached hydrogens (tertiary/aromatic N) is 2. The minimum Gasteiger partial charge on any atom is -0.345 e. The van der Waals surface area contributed by atoms with Gasteiger partial charge in [0, 0.05) is 24.7 Å². The van der Waals surface area contributed by atoms with E-state index >= 15 is 0 Å². The van der Waals surface area contributed by atoms with Crippen LogP contribution in [0.25, 0.3) is 10.8 Å². The summed E-state index contributed by atoms with van der Waals surface area (Å²) in [5.74, 6) is 3.66. The molecule has 0 aliphatic heterocycles. The molecule has 0 bridgehead atoms. The van der Waals surface area contributed by atoms with Gasteiger partial charge in [-0.3, -0.25) is 0 Å². The van der Waals surface area contributed by atoms with Gasteiger partial charge in [0.2, 0.25) is 0 Å². The number of hydrogen-bond acceptors (Lipinski definition) is 3. The average molecular weight is 253 g/mol. The third-order valence-electron chi connectivity index (χ3n) is 3.15. The van der Waals surface area contributed by atoms with Crippen LogP contribution in [0.4, 0.5) is 5.82 Å². The number of hydrogen-bond donors (Lipinski definition) is 1. The van der Waals surface area contributed by atoms with Crippen LogP contribution in [0, 0.1) is 12.3 Å². The quantitative estimate of drug-likeness (QED) is 0.833. The molecule has 0 aliphatic carbocycles. The minimum atomic E-state index is 0.497. The van der Waals surface area contributed by atoms with Crippen molar-refractivity contribution in [1.82, 2.24) is 4.98 Å². The van der Waals surface area contributed by atoms with Crippen molar-refractivity contribution >= 4 is 16.6 Å². The molecular formula is C16H19N3. The summed E-state index contributed by atoms with van der Waals surface area (Å²) in [5.41, 5.74) is 6.84. The van der Waals surface area contributed by atoms with Gasteiger partial charge in [0.15, 0.2) is 0 Å². The molecule has 2 aromatic rings. The monoisotopic (exact) mass is 253 g/mol. The zero-order valence-electron chi connectivity index (χ0n) is 11.3. The van der Waals surface area contributed by atoms with E-state index in [4.69, 9.17) is 12.2 Å². The second kappa shape index (κ2) is 6.21. The average Bonchev–Trinajstić information content (AvgIpc) is 2.46. The molecule has 0 unspecified atom stereocenters. The van der Waals surface area contributed by atoms with Crippen LogP contribution in [0.15, 0.2) is 30.5 Å². The Bertz CT molecular complexity index is 598. The van der Waals surface area contributed by atoms with Crippen LogP contribution >= 0.6 is 0 Å². The molecule has 0 fully saturated rings. The van der Waals surface area contributed by atoms with Crippen molar-refractivity contribution in [3.63, 3.8) is 0 Å². The molecule has 0 atom stereocenters. The number of benzene rings is 1. The summed E-state index contributed by atoms with van der Waals surface area (Å²) in [6, 6.07) is 8.21. The van der Waals surface area contributed by atoms with Crippen molar-refractivity contribution in [1.29, 1.82) is 0 Å². The molecule has 3 heteroatoms. The third-order valence-corrected chi connectivity index (χ3v) is 3.15. The highest BCUT2D eigenvalue weighted by Crippen LogP contribution is 2.27. The van der Waals surface area contributed by atoms with Crippen molar-refractivity contribution in [2.75, 3.05) is 18.0 Å². The molecule has 0 saturated carbocycles. The molecule has 1 aromatic heterocycles. The van der Waals surface area contributed by atoms with E-state index in [2.05, 4.69) is 34.9 Å². The van der Waals surface area contributed by atoms with Crippen molar-refractivity contribution in [2.45, 2.75) is 19.9 Å². The fourth-order valence-electron chi connectivity index (χ4n) is 2.29. The lowest BCUT2D eigenvalue weighted by atomic mass is 10.1. The molecule has 1 heterocycles. The molecule has 0 saturated heterocycles. The van der Waals surface area contributed by atoms with Gasteiger partial charge in [-0.25, -0.2) is 4.98 Å². The molecule has 19 heavy (non-hydrogen) atoms. The summed E-state index contributed by atoms with van der Waals surface area (Å²) < 4.78 is 0. The number of nitrogens with two attached hydrogens (primary N) is 1. The van der Waals surface area contributed by atoms with Gasteiger partial charge in [-0.15, -0.1) is 6.42 Å². The summed E-state index contributed by atoms with van der Waals surface area (Å²) in [7, 11) is 0. The molecule has 0 amide bonds. The first-order valence-corrected chi connectivity index (χ1v) is 6.57. The molecule has 2 rings (SSSR count). The van der Waals surface area contributed by atoms with Crippen LogP contribution in [0.1, 0.15) is 18.9 Å². The molecule has 1 aromatic carbocycles. The van der Waals surface area contributed by atoms with Crippen molar-refractivity contribution in [2.24, 2.45) is 5.73 Å². The van der Waals surface area contributed by atoms with E-state index in [1.807, 2.05) is 18.3 Å². The zero-order valence-corrected chi connectivity index (χ0v) is 11.3. The van der Waals surface area contributed by atoms with E-state index in [9.17, 15) is 0 Å². The number of anilines is 1. The molecule has 0 spiro atoms. The molecule has 98 valence electrons. The molecular weight excluding hydrogens is 234 g/mol. The summed E-state index contributed by atoms with van der Waals surface area (Å²) in [4.78, 5) is 6.71. The second-order valence-electron chi connectivity index (χ2n) is 4.48. The number of fused-ring (bicyclic) bond motifs is 1. The molecule has 2 N–H and O–H groups in total. The van der Waals surface area contributed by atoms with Gasteiger partial charge in [0.25, 0.3) is 0 Å². The first-order chi connectivity index (χ1) is 9.31. The Labute approximate surface area is 114 Å². The fourth-order valence-corrected chi connectivity index (χ4v) is 2.29. The van der Waals surface area contributed by atoms with Gasteiger partial charge in [0.1, 0.15) is 5.82 Å². The lowest BCUT2D eigenvalue weighted by Crippen LogP contribution is -2.25. The van der Waals surface area contributed by atoms with E-state index in [1.54, 1.807) is 0 Å². The SMILES string of the molecule is C#CCN(CCC)c1ncc(CN)c2ccccc12. The summed E-state index contributed by atoms with van der Waals surface area (Å²) in [5, 5.41) is 2.28. The molecule has 0 aliphatic rings. The Morgan fingerprint density at radius 1 is 1.32 bits per heavy atom. The van der Waals surface area contributed by atoms with Crippen molar-refractivity contribution < 1.29 is 0 Å². The number of aromatic nitrogens is 1. The third kappa shape index (κ3) is 2.69. The van der Waals surface area contributed by atoms with E-state index in [1.165, 1.54) is 0 Å². The van der Waals surface area contributed by atoms with E-state index in [0.717, 1.165) is 35.1 Å². The lowest BCUT2D eigenvalue weighted by Gasteiger charge is -2.22. The first kappa shape index (κ1) is 13.4. The van der Waals surface area contributed by atoms with Crippen LogP contribution in [0.3, 0.4) is 0 Å². The highest BCUT2D eigenvalue weighted by Gasteiger charge is 2.11. The van der Waals surface area contributed by atoms with Crippen LogP contribution in [-0.4, -0.2) is 18.1 Å². The second-order valence-corrected chi connectivity index (χ2v) is 4.48. The predicted molar refractivity (Wildman–Crippen MR) is 81.0 cm³/mol. The van der Waals surface area contributed by atoms with Crippen LogP contribution < -0.4 is 10.6 Å². The Morgan fingerprint density at radius 3 is 2.68 bits per heavy atom. The maximum atomic E-state index is 5.77. The summed E-state index contributed by atoms with van der Waals surface area (Å²) in [6.45, 7) is 4.12. The largest absolute Gasteiger partial charge is 0.345 e. The van der Waals surface area contributed by atoms with Gasteiger partial charge in [-0.05, 0) is 17.4 Å². The fraction of sp³-hybridized carbons (Fsp3) is 0.312. The highest BCUT2D eigenvalue weighted by atomic mass is 15.2. The number of rotatable bonds is 5. The number of terminal acetylenes is 1. The van der Waals surface area contributed by atoms with Crippen LogP contribution in [0.5, 0.6) is 0 Å². The minimum absolute atomic E-state index is 0.497. The van der Waals surface area contributed by atoms with Crippen LogP contribution in [-0.2, 0) is 6.54 Å². The van der Waals surface area contributed by atoms with Gasteiger partial charge >= 0.3 is 0 Å². The Hall–Kier alpha value is -2.05. The smallest absolute Gasteiger partial charge is 0.137 e. The standard InChI is InChI=1S/C16H19N3/c1-3-9-19(10-4-2)16-15-8-6-5-7-14(15)13(11-17)12-18-16/h1,5-8,12H,4,9-11,17H2,2H3. The van der Waals surface area contributed by atoms with E-state index in [-0.39, 0.29) is 0 Å². The van der Waals surface area contributed by atoms with Gasteiger partial charge < -0.3 is 10.6 Å². The van der Waals surface area contributed by atoms with Crippen LogP contribution in [0.2, 0.25) is 0 Å². The first-order valence-electron chi connectivity index (χ1n) is 6.57. The summed E-state index contributed by atoms with van der Waals surface area (Å²) in [6.07, 6.45) is 8.35. The Kier molecular flexibility index (Phi) is 4.38. The Balaban J connectivity index is 2.57. The maximum absolute atomic E-state index is 5.77. The lowest BCUT2D eigenvalue weighted by molar-refractivity contribution is 0.812. The van der Waals surface area contributed by atoms with Crippen molar-refractivity contribution in [3.8, 4) is 12.3 Å². The Morgan fingerprint density at radius 2 is 2.05 bits per heavy atom. The number of pyridine rings is 1. The van der Waals surface area contributed by atoms with E-state index in [0.29, 0.717) is 13.1 Å². The van der Waals surface area contributed by atoms with Crippen molar-refractivity contribution in [3.05, 3.63) is 36.0 Å². The molecule has 0 radical (unpaired) electrons. The van der Waals surface area contributed by atoms with Gasteiger partial charge in [0.05, 0.1) is 6.54 Å². The van der Waals surface area contributed by atoms with Gasteiger partial charge in [-0.1, -0.05) is 37.1 Å². The predicted octanol–water partition coefficient (Wildman–Crippen LogP) is 2.54. The van der Waals surface area contributed by atoms with Gasteiger partial charge in [-0.2, -0.15) is 0 Å². The topological polar surface area (TPSA) is 42.2 Å². The maximum Gasteiger partial charge on any atom is 0.137 e. The summed E-state index contributed by atoms with van der Waals surface area (Å²) >= 11 is 0. The van der Waals surface area contributed by atoms with E-state index < -0.39 is 0 Å². The molecule has 3 nitrogen and oxygen atoms in total. The highest BCUT2D eigenvalue weighted by molar-refractivity contribution is 5.94.